The summed E-state index contributed by atoms with van der Waals surface area (Å²) < 4.78 is 0. The van der Waals surface area contributed by atoms with E-state index in [4.69, 9.17) is 0 Å². The molecule has 0 saturated heterocycles. The molecule has 0 aliphatic heterocycles. The Morgan fingerprint density at radius 2 is 1.33 bits per heavy atom. The third kappa shape index (κ3) is 3.19. The van der Waals surface area contributed by atoms with Crippen LogP contribution in [0.25, 0.3) is 0 Å². The fourth-order valence-electron chi connectivity index (χ4n) is 3.43. The Balaban J connectivity index is 0.00000162. The fourth-order valence-corrected chi connectivity index (χ4v) is 8.93. The molecule has 0 amide bonds. The third-order valence-electron chi connectivity index (χ3n) is 4.13. The summed E-state index contributed by atoms with van der Waals surface area (Å²) in [4.78, 5) is 0. The van der Waals surface area contributed by atoms with Crippen molar-refractivity contribution < 1.29 is 0 Å². The molecular formula is C16H25NaSi. The summed E-state index contributed by atoms with van der Waals surface area (Å²) in [6, 6.07) is 2.89. The van der Waals surface area contributed by atoms with E-state index in [2.05, 4.69) is 50.3 Å². The molecule has 0 aromatic carbocycles. The van der Waals surface area contributed by atoms with Crippen molar-refractivity contribution in [2.75, 3.05) is 0 Å². The van der Waals surface area contributed by atoms with E-state index in [9.17, 15) is 0 Å². The van der Waals surface area contributed by atoms with Crippen LogP contribution < -0.4 is 0 Å². The van der Waals surface area contributed by atoms with E-state index in [0.717, 1.165) is 0 Å². The van der Waals surface area contributed by atoms with Crippen molar-refractivity contribution in [2.45, 2.75) is 51.6 Å². The van der Waals surface area contributed by atoms with Gasteiger partial charge in [-0.05, 0) is 12.8 Å². The Morgan fingerprint density at radius 1 is 0.889 bits per heavy atom. The van der Waals surface area contributed by atoms with Crippen LogP contribution >= 0.6 is 0 Å². The van der Waals surface area contributed by atoms with Crippen LogP contribution in [0, 0.1) is 0 Å². The molecule has 2 aliphatic carbocycles. The summed E-state index contributed by atoms with van der Waals surface area (Å²) in [5, 5.41) is 3.58. The first kappa shape index (κ1) is 16.2. The molecule has 0 N–H and O–H groups in total. The predicted molar refractivity (Wildman–Crippen MR) is 86.8 cm³/mol. The predicted octanol–water partition coefficient (Wildman–Crippen LogP) is 4.46. The Hall–Kier alpha value is 0.177. The molecular weight excluding hydrogens is 243 g/mol. The molecule has 0 heterocycles. The van der Waals surface area contributed by atoms with E-state index >= 15 is 0 Å². The summed E-state index contributed by atoms with van der Waals surface area (Å²) in [6.07, 6.45) is 19.2. The van der Waals surface area contributed by atoms with Gasteiger partial charge < -0.3 is 0 Å². The minimum absolute atomic E-state index is 0. The first-order chi connectivity index (χ1) is 8.33. The Kier molecular flexibility index (Phi) is 6.93. The molecule has 0 aromatic rings. The third-order valence-corrected chi connectivity index (χ3v) is 10.0. The Morgan fingerprint density at radius 3 is 1.61 bits per heavy atom. The van der Waals surface area contributed by atoms with Gasteiger partial charge in [0.15, 0.2) is 0 Å². The molecule has 2 heteroatoms. The maximum atomic E-state index is 2.43. The number of rotatable bonds is 6. The Bertz CT molecular complexity index is 350. The molecule has 0 unspecified atom stereocenters. The summed E-state index contributed by atoms with van der Waals surface area (Å²) in [5.74, 6) is 0. The summed E-state index contributed by atoms with van der Waals surface area (Å²) >= 11 is 0. The Labute approximate surface area is 135 Å². The normalized spacial score (nSPS) is 17.7. The maximum absolute atomic E-state index is 2.43. The first-order valence-corrected chi connectivity index (χ1v) is 9.47. The average Bonchev–Trinajstić information content (AvgIpc) is 3.02. The van der Waals surface area contributed by atoms with Gasteiger partial charge in [-0.25, -0.2) is 0 Å². The zero-order chi connectivity index (χ0) is 12.1. The number of hydrogen-bond donors (Lipinski definition) is 0. The molecule has 0 saturated carbocycles. The molecule has 0 aromatic heterocycles. The molecule has 0 bridgehead atoms. The van der Waals surface area contributed by atoms with E-state index in [1.807, 2.05) is 0 Å². The summed E-state index contributed by atoms with van der Waals surface area (Å²) in [5.41, 5.74) is 0. The number of hydrogen-bond acceptors (Lipinski definition) is 0. The number of allylic oxidation sites excluding steroid dienone is 8. The van der Waals surface area contributed by atoms with Crippen LogP contribution in [0.15, 0.2) is 46.8 Å². The van der Waals surface area contributed by atoms with Crippen molar-refractivity contribution in [3.8, 4) is 0 Å². The van der Waals surface area contributed by atoms with Gasteiger partial charge in [0.1, 0.15) is 8.07 Å². The minimum atomic E-state index is -1.33. The topological polar surface area (TPSA) is 0 Å². The van der Waals surface area contributed by atoms with Gasteiger partial charge in [0.2, 0.25) is 0 Å². The molecule has 94 valence electrons. The zero-order valence-electron chi connectivity index (χ0n) is 11.2. The molecule has 0 nitrogen and oxygen atoms in total. The SMILES string of the molecule is CCC[Si](CCC)(C1=CC=CC1)C1=CC=CC1.[NaH]. The molecule has 0 fully saturated rings. The van der Waals surface area contributed by atoms with Crippen LogP contribution in [0.3, 0.4) is 0 Å². The van der Waals surface area contributed by atoms with Crippen molar-refractivity contribution in [3.05, 3.63) is 46.8 Å². The van der Waals surface area contributed by atoms with Gasteiger partial charge >= 0.3 is 29.6 Å². The van der Waals surface area contributed by atoms with E-state index in [1.54, 1.807) is 10.4 Å². The summed E-state index contributed by atoms with van der Waals surface area (Å²) in [6.45, 7) is 4.70. The van der Waals surface area contributed by atoms with Crippen LogP contribution in [0.5, 0.6) is 0 Å². The van der Waals surface area contributed by atoms with Gasteiger partial charge in [-0.2, -0.15) is 0 Å². The van der Waals surface area contributed by atoms with Crippen molar-refractivity contribution in [1.29, 1.82) is 0 Å². The van der Waals surface area contributed by atoms with Crippen molar-refractivity contribution in [2.24, 2.45) is 0 Å². The van der Waals surface area contributed by atoms with E-state index < -0.39 is 8.07 Å². The van der Waals surface area contributed by atoms with Gasteiger partial charge in [-0.3, -0.25) is 0 Å². The molecule has 2 aliphatic rings. The molecule has 0 radical (unpaired) electrons. The van der Waals surface area contributed by atoms with Crippen LogP contribution in [0.1, 0.15) is 39.5 Å². The molecule has 0 atom stereocenters. The van der Waals surface area contributed by atoms with Gasteiger partial charge in [0, 0.05) is 0 Å². The van der Waals surface area contributed by atoms with Gasteiger partial charge in [0.05, 0.1) is 0 Å². The van der Waals surface area contributed by atoms with Gasteiger partial charge in [-0.1, -0.05) is 85.6 Å². The molecule has 18 heavy (non-hydrogen) atoms. The molecule has 0 spiro atoms. The van der Waals surface area contributed by atoms with Crippen molar-refractivity contribution in [3.63, 3.8) is 0 Å². The monoisotopic (exact) mass is 268 g/mol. The second-order valence-electron chi connectivity index (χ2n) is 5.23. The second kappa shape index (κ2) is 7.69. The fraction of sp³-hybridized carbons (Fsp3) is 0.500. The second-order valence-corrected chi connectivity index (χ2v) is 9.68. The van der Waals surface area contributed by atoms with E-state index in [0.29, 0.717) is 0 Å². The standard InChI is InChI=1S/C16H24Si.Na.H/c1-3-13-17(14-4-2,15-9-5-6-10-15)16-11-7-8-12-16;;/h5-9,11H,3-4,10,12-14H2,1-2H3;;. The summed E-state index contributed by atoms with van der Waals surface area (Å²) in [7, 11) is -1.33. The van der Waals surface area contributed by atoms with Crippen molar-refractivity contribution >= 4 is 37.6 Å². The molecule has 2 rings (SSSR count). The van der Waals surface area contributed by atoms with Crippen LogP contribution in [0.2, 0.25) is 12.1 Å². The van der Waals surface area contributed by atoms with Gasteiger partial charge in [0.25, 0.3) is 0 Å². The zero-order valence-corrected chi connectivity index (χ0v) is 12.2. The van der Waals surface area contributed by atoms with Gasteiger partial charge in [-0.15, -0.1) is 0 Å². The van der Waals surface area contributed by atoms with E-state index in [-0.39, 0.29) is 29.6 Å². The van der Waals surface area contributed by atoms with Crippen LogP contribution in [-0.2, 0) is 0 Å². The average molecular weight is 268 g/mol. The van der Waals surface area contributed by atoms with E-state index in [1.165, 1.54) is 37.8 Å². The first-order valence-electron chi connectivity index (χ1n) is 7.06. The quantitative estimate of drug-likeness (QED) is 0.624. The van der Waals surface area contributed by atoms with Crippen LogP contribution in [0.4, 0.5) is 0 Å². The van der Waals surface area contributed by atoms with Crippen LogP contribution in [-0.4, -0.2) is 37.6 Å². The van der Waals surface area contributed by atoms with Crippen molar-refractivity contribution in [1.82, 2.24) is 0 Å².